The summed E-state index contributed by atoms with van der Waals surface area (Å²) in [5, 5.41) is 2.15. The van der Waals surface area contributed by atoms with Crippen molar-refractivity contribution in [3.8, 4) is 0 Å². The number of hydrogen-bond donors (Lipinski definition) is 1. The standard InChI is InChI=1S/C17H18FN3O4/c18-12-5-3-11(4-6-12)10-21-16(23)14(15(22)20-17(21)24)9-19-8-13-2-1-7-25-13/h3-6,9,13-14H,1-2,7-8,10H2,(H,20,22,24)/t13-,14-/m1/s1. The number of nitrogens with one attached hydrogen (secondary N) is 1. The van der Waals surface area contributed by atoms with Gasteiger partial charge in [-0.1, -0.05) is 12.1 Å². The molecular weight excluding hydrogens is 329 g/mol. The first-order valence-corrected chi connectivity index (χ1v) is 8.07. The fraction of sp³-hybridized carbons (Fsp3) is 0.412. The van der Waals surface area contributed by atoms with Gasteiger partial charge in [0.15, 0.2) is 5.92 Å². The van der Waals surface area contributed by atoms with Gasteiger partial charge in [-0.15, -0.1) is 0 Å². The number of ether oxygens (including phenoxy) is 1. The molecule has 7 nitrogen and oxygen atoms in total. The lowest BCUT2D eigenvalue weighted by molar-refractivity contribution is -0.139. The third kappa shape index (κ3) is 4.08. The van der Waals surface area contributed by atoms with E-state index in [1.807, 2.05) is 0 Å². The van der Waals surface area contributed by atoms with Gasteiger partial charge in [0, 0.05) is 12.8 Å². The van der Waals surface area contributed by atoms with E-state index in [-0.39, 0.29) is 12.6 Å². The average Bonchev–Trinajstić information content (AvgIpc) is 3.09. The molecule has 2 aliphatic rings. The predicted molar refractivity (Wildman–Crippen MR) is 86.3 cm³/mol. The second kappa shape index (κ2) is 7.52. The van der Waals surface area contributed by atoms with Gasteiger partial charge in [-0.25, -0.2) is 9.18 Å². The molecular formula is C17H18FN3O4. The third-order valence-electron chi connectivity index (χ3n) is 4.13. The van der Waals surface area contributed by atoms with Crippen LogP contribution in [0.25, 0.3) is 0 Å². The van der Waals surface area contributed by atoms with Crippen LogP contribution in [-0.4, -0.2) is 48.2 Å². The summed E-state index contributed by atoms with van der Waals surface area (Å²) in [4.78, 5) is 41.4. The molecule has 0 radical (unpaired) electrons. The summed E-state index contributed by atoms with van der Waals surface area (Å²) in [7, 11) is 0. The number of aliphatic imine (C=N–C) groups is 1. The van der Waals surface area contributed by atoms with Gasteiger partial charge in [-0.05, 0) is 30.5 Å². The number of barbiturate groups is 1. The predicted octanol–water partition coefficient (Wildman–Crippen LogP) is 1.27. The fourth-order valence-electron chi connectivity index (χ4n) is 2.76. The van der Waals surface area contributed by atoms with E-state index < -0.39 is 29.6 Å². The molecule has 2 atom stereocenters. The number of halogens is 1. The minimum Gasteiger partial charge on any atom is -0.376 e. The summed E-state index contributed by atoms with van der Waals surface area (Å²) in [6.07, 6.45) is 3.15. The molecule has 0 aromatic heterocycles. The topological polar surface area (TPSA) is 88.1 Å². The average molecular weight is 347 g/mol. The number of carbonyl (C=O) groups is 3. The van der Waals surface area contributed by atoms with Crippen molar-refractivity contribution in [3.05, 3.63) is 35.6 Å². The van der Waals surface area contributed by atoms with Crippen molar-refractivity contribution in [3.63, 3.8) is 0 Å². The first kappa shape index (κ1) is 17.2. The Labute approximate surface area is 143 Å². The van der Waals surface area contributed by atoms with Gasteiger partial charge in [-0.3, -0.25) is 24.8 Å². The Balaban J connectivity index is 1.67. The van der Waals surface area contributed by atoms with Crippen molar-refractivity contribution in [1.82, 2.24) is 10.2 Å². The van der Waals surface area contributed by atoms with Crippen LogP contribution in [0.15, 0.2) is 29.3 Å². The van der Waals surface area contributed by atoms with Crippen LogP contribution in [0.2, 0.25) is 0 Å². The van der Waals surface area contributed by atoms with E-state index in [9.17, 15) is 18.8 Å². The number of urea groups is 1. The van der Waals surface area contributed by atoms with E-state index in [4.69, 9.17) is 4.74 Å². The van der Waals surface area contributed by atoms with Gasteiger partial charge in [0.2, 0.25) is 11.8 Å². The largest absolute Gasteiger partial charge is 0.376 e. The van der Waals surface area contributed by atoms with E-state index >= 15 is 0 Å². The highest BCUT2D eigenvalue weighted by atomic mass is 19.1. The highest BCUT2D eigenvalue weighted by molar-refractivity contribution is 6.23. The Morgan fingerprint density at radius 1 is 1.28 bits per heavy atom. The van der Waals surface area contributed by atoms with Gasteiger partial charge in [0.1, 0.15) is 5.82 Å². The van der Waals surface area contributed by atoms with Crippen LogP contribution in [0, 0.1) is 11.7 Å². The number of rotatable bonds is 5. The third-order valence-corrected chi connectivity index (χ3v) is 4.13. The quantitative estimate of drug-likeness (QED) is 0.642. The Bertz CT molecular complexity index is 698. The molecule has 0 aliphatic carbocycles. The zero-order valence-corrected chi connectivity index (χ0v) is 13.5. The molecule has 25 heavy (non-hydrogen) atoms. The number of hydrogen-bond acceptors (Lipinski definition) is 5. The summed E-state index contributed by atoms with van der Waals surface area (Å²) < 4.78 is 18.4. The van der Waals surface area contributed by atoms with Crippen LogP contribution in [0.3, 0.4) is 0 Å². The Hall–Kier alpha value is -2.61. The molecule has 1 aromatic rings. The molecule has 132 valence electrons. The lowest BCUT2D eigenvalue weighted by atomic mass is 10.1. The monoisotopic (exact) mass is 347 g/mol. The van der Waals surface area contributed by atoms with Gasteiger partial charge < -0.3 is 4.74 Å². The highest BCUT2D eigenvalue weighted by Gasteiger charge is 2.39. The smallest absolute Gasteiger partial charge is 0.331 e. The molecule has 2 heterocycles. The highest BCUT2D eigenvalue weighted by Crippen LogP contribution is 2.15. The summed E-state index contributed by atoms with van der Waals surface area (Å²) in [5.74, 6) is -2.90. The molecule has 4 amide bonds. The molecule has 2 fully saturated rings. The van der Waals surface area contributed by atoms with E-state index in [1.54, 1.807) is 0 Å². The fourth-order valence-corrected chi connectivity index (χ4v) is 2.76. The molecule has 1 N–H and O–H groups in total. The van der Waals surface area contributed by atoms with E-state index in [2.05, 4.69) is 10.3 Å². The number of amides is 4. The molecule has 0 spiro atoms. The molecule has 3 rings (SSSR count). The van der Waals surface area contributed by atoms with Gasteiger partial charge in [0.05, 0.1) is 19.2 Å². The van der Waals surface area contributed by atoms with Crippen molar-refractivity contribution in [1.29, 1.82) is 0 Å². The summed E-state index contributed by atoms with van der Waals surface area (Å²) in [5.41, 5.74) is 0.578. The Morgan fingerprint density at radius 2 is 2.04 bits per heavy atom. The maximum atomic E-state index is 13.0. The number of nitrogens with zero attached hydrogens (tertiary/aromatic N) is 2. The van der Waals surface area contributed by atoms with Gasteiger partial charge in [0.25, 0.3) is 0 Å². The minimum absolute atomic E-state index is 0.00922. The van der Waals surface area contributed by atoms with Crippen LogP contribution in [-0.2, 0) is 20.9 Å². The second-order valence-corrected chi connectivity index (χ2v) is 5.97. The van der Waals surface area contributed by atoms with Crippen molar-refractivity contribution in [2.75, 3.05) is 13.2 Å². The molecule has 8 heteroatoms. The SMILES string of the molecule is O=C1NC(=O)N(Cc2ccc(F)cc2)C(=O)[C@@H]1C=NC[C@H]1CCCO1. The first-order chi connectivity index (χ1) is 12.0. The van der Waals surface area contributed by atoms with Crippen LogP contribution in [0.1, 0.15) is 18.4 Å². The van der Waals surface area contributed by atoms with E-state index in [0.29, 0.717) is 18.7 Å². The lowest BCUT2D eigenvalue weighted by Crippen LogP contribution is -2.57. The molecule has 0 saturated carbocycles. The zero-order chi connectivity index (χ0) is 17.8. The van der Waals surface area contributed by atoms with Crippen molar-refractivity contribution < 1.29 is 23.5 Å². The van der Waals surface area contributed by atoms with Gasteiger partial charge >= 0.3 is 6.03 Å². The van der Waals surface area contributed by atoms with Crippen LogP contribution < -0.4 is 5.32 Å². The van der Waals surface area contributed by atoms with Gasteiger partial charge in [-0.2, -0.15) is 0 Å². The Kier molecular flexibility index (Phi) is 5.18. The minimum atomic E-state index is -1.15. The maximum absolute atomic E-state index is 13.0. The van der Waals surface area contributed by atoms with Crippen LogP contribution >= 0.6 is 0 Å². The van der Waals surface area contributed by atoms with Crippen molar-refractivity contribution >= 4 is 24.1 Å². The van der Waals surface area contributed by atoms with Crippen molar-refractivity contribution in [2.45, 2.75) is 25.5 Å². The van der Waals surface area contributed by atoms with Crippen LogP contribution in [0.4, 0.5) is 9.18 Å². The lowest BCUT2D eigenvalue weighted by Gasteiger charge is -2.28. The number of carbonyl (C=O) groups excluding carboxylic acids is 3. The first-order valence-electron chi connectivity index (χ1n) is 8.07. The van der Waals surface area contributed by atoms with E-state index in [1.165, 1.54) is 30.5 Å². The van der Waals surface area contributed by atoms with Crippen LogP contribution in [0.5, 0.6) is 0 Å². The summed E-state index contributed by atoms with van der Waals surface area (Å²) in [6.45, 7) is 1.03. The number of imide groups is 2. The summed E-state index contributed by atoms with van der Waals surface area (Å²) >= 11 is 0. The number of benzene rings is 1. The molecule has 1 aromatic carbocycles. The van der Waals surface area contributed by atoms with Crippen molar-refractivity contribution in [2.24, 2.45) is 10.9 Å². The molecule has 2 aliphatic heterocycles. The molecule has 2 saturated heterocycles. The molecule has 0 unspecified atom stereocenters. The van der Waals surface area contributed by atoms with E-state index in [0.717, 1.165) is 17.7 Å². The second-order valence-electron chi connectivity index (χ2n) is 5.97. The molecule has 0 bridgehead atoms. The summed E-state index contributed by atoms with van der Waals surface area (Å²) in [6, 6.07) is 4.66. The Morgan fingerprint density at radius 3 is 2.72 bits per heavy atom. The normalized spacial score (nSPS) is 24.2. The zero-order valence-electron chi connectivity index (χ0n) is 13.5. The maximum Gasteiger partial charge on any atom is 0.331 e.